The Balaban J connectivity index is 1.49. The van der Waals surface area contributed by atoms with E-state index in [1.807, 2.05) is 64.7 Å². The number of ether oxygens (including phenoxy) is 1. The molecular formula is C19H20N2O3S2. The van der Waals surface area contributed by atoms with Crippen molar-refractivity contribution in [3.63, 3.8) is 0 Å². The molecule has 7 heteroatoms. The fourth-order valence-electron chi connectivity index (χ4n) is 2.47. The first-order valence-corrected chi connectivity index (χ1v) is 9.99. The monoisotopic (exact) mass is 388 g/mol. The second-order valence-electron chi connectivity index (χ2n) is 5.62. The van der Waals surface area contributed by atoms with Crippen molar-refractivity contribution >= 4 is 28.7 Å². The van der Waals surface area contributed by atoms with Gasteiger partial charge in [0.25, 0.3) is 0 Å². The highest BCUT2D eigenvalue weighted by molar-refractivity contribution is 7.10. The number of urea groups is 1. The predicted molar refractivity (Wildman–Crippen MR) is 105 cm³/mol. The maximum atomic E-state index is 12.1. The number of amides is 2. The summed E-state index contributed by atoms with van der Waals surface area (Å²) < 4.78 is 5.53. The van der Waals surface area contributed by atoms with E-state index in [1.54, 1.807) is 0 Å². The molecule has 26 heavy (non-hydrogen) atoms. The number of hydrogen-bond donors (Lipinski definition) is 3. The van der Waals surface area contributed by atoms with Crippen molar-refractivity contribution in [2.24, 2.45) is 0 Å². The molecule has 136 valence electrons. The number of hydrogen-bond acceptors (Lipinski definition) is 5. The molecule has 0 aliphatic rings. The molecule has 1 atom stereocenters. The number of carbonyl (C=O) groups is 1. The Morgan fingerprint density at radius 3 is 2.62 bits per heavy atom. The van der Waals surface area contributed by atoms with Crippen LogP contribution in [0, 0.1) is 0 Å². The highest BCUT2D eigenvalue weighted by Gasteiger charge is 2.33. The lowest BCUT2D eigenvalue weighted by molar-refractivity contribution is 0.0863. The van der Waals surface area contributed by atoms with E-state index in [2.05, 4.69) is 10.6 Å². The third-order valence-corrected chi connectivity index (χ3v) is 5.54. The zero-order chi connectivity index (χ0) is 18.2. The molecule has 0 saturated heterocycles. The quantitative estimate of drug-likeness (QED) is 0.518. The van der Waals surface area contributed by atoms with Crippen LogP contribution in [0.2, 0.25) is 0 Å². The van der Waals surface area contributed by atoms with Crippen molar-refractivity contribution in [3.8, 4) is 5.75 Å². The molecule has 2 amide bonds. The van der Waals surface area contributed by atoms with E-state index in [9.17, 15) is 9.90 Å². The smallest absolute Gasteiger partial charge is 0.315 e. The minimum absolute atomic E-state index is 0.0929. The molecule has 5 nitrogen and oxygen atoms in total. The second kappa shape index (κ2) is 8.84. The molecule has 2 aromatic heterocycles. The number of rotatable bonds is 8. The maximum Gasteiger partial charge on any atom is 0.315 e. The third kappa shape index (κ3) is 4.63. The second-order valence-corrected chi connectivity index (χ2v) is 7.35. The Bertz CT molecular complexity index is 755. The van der Waals surface area contributed by atoms with E-state index >= 15 is 0 Å². The summed E-state index contributed by atoms with van der Waals surface area (Å²) in [4.78, 5) is 12.9. The lowest BCUT2D eigenvalue weighted by Gasteiger charge is -2.27. The van der Waals surface area contributed by atoms with E-state index in [1.165, 1.54) is 22.7 Å². The molecule has 0 saturated carbocycles. The van der Waals surface area contributed by atoms with Gasteiger partial charge in [0.2, 0.25) is 0 Å². The van der Waals surface area contributed by atoms with Crippen LogP contribution in [0.1, 0.15) is 10.4 Å². The van der Waals surface area contributed by atoms with Gasteiger partial charge in [-0.05, 0) is 40.4 Å². The van der Waals surface area contributed by atoms with E-state index in [-0.39, 0.29) is 12.6 Å². The molecule has 0 bridgehead atoms. The van der Waals surface area contributed by atoms with Gasteiger partial charge in [0.05, 0.1) is 13.1 Å². The van der Waals surface area contributed by atoms with Crippen molar-refractivity contribution in [1.82, 2.24) is 10.6 Å². The zero-order valence-corrected chi connectivity index (χ0v) is 15.7. The minimum atomic E-state index is -1.23. The van der Waals surface area contributed by atoms with Gasteiger partial charge in [0, 0.05) is 10.4 Å². The Labute approximate surface area is 160 Å². The summed E-state index contributed by atoms with van der Waals surface area (Å²) in [6.07, 6.45) is 0. The van der Waals surface area contributed by atoms with Crippen LogP contribution in [0.25, 0.3) is 0 Å². The van der Waals surface area contributed by atoms with Crippen LogP contribution < -0.4 is 15.4 Å². The van der Waals surface area contributed by atoms with Crippen molar-refractivity contribution in [3.05, 3.63) is 75.1 Å². The molecule has 0 unspecified atom stereocenters. The number of para-hydroxylation sites is 1. The molecule has 0 fully saturated rings. The molecule has 0 aliphatic heterocycles. The van der Waals surface area contributed by atoms with Gasteiger partial charge in [-0.25, -0.2) is 4.79 Å². The molecule has 0 spiro atoms. The van der Waals surface area contributed by atoms with Crippen molar-refractivity contribution in [1.29, 1.82) is 0 Å². The van der Waals surface area contributed by atoms with Gasteiger partial charge in [0.1, 0.15) is 18.0 Å². The molecule has 3 N–H and O–H groups in total. The van der Waals surface area contributed by atoms with Gasteiger partial charge in [-0.1, -0.05) is 24.3 Å². The number of nitrogens with one attached hydrogen (secondary N) is 2. The molecule has 2 heterocycles. The lowest BCUT2D eigenvalue weighted by Crippen LogP contribution is -2.45. The number of benzene rings is 1. The lowest BCUT2D eigenvalue weighted by atomic mass is 9.94. The summed E-state index contributed by atoms with van der Waals surface area (Å²) in [5.41, 5.74) is -0.455. The SMILES string of the molecule is O=C(NCCOc1ccccc1)NC[C@@](O)(c1ccsc1)c1cccs1. The summed E-state index contributed by atoms with van der Waals surface area (Å²) in [6, 6.07) is 14.7. The minimum Gasteiger partial charge on any atom is -0.492 e. The number of thiophene rings is 2. The first kappa shape index (κ1) is 18.4. The summed E-state index contributed by atoms with van der Waals surface area (Å²) >= 11 is 2.97. The van der Waals surface area contributed by atoms with Crippen LogP contribution in [0.3, 0.4) is 0 Å². The summed E-state index contributed by atoms with van der Waals surface area (Å²) in [5.74, 6) is 0.763. The average molecular weight is 389 g/mol. The van der Waals surface area contributed by atoms with Crippen LogP contribution in [0.5, 0.6) is 5.75 Å². The highest BCUT2D eigenvalue weighted by Crippen LogP contribution is 2.33. The third-order valence-electron chi connectivity index (χ3n) is 3.83. The van der Waals surface area contributed by atoms with Crippen LogP contribution in [-0.2, 0) is 5.60 Å². The van der Waals surface area contributed by atoms with Gasteiger partial charge in [-0.2, -0.15) is 11.3 Å². The van der Waals surface area contributed by atoms with Crippen molar-refractivity contribution < 1.29 is 14.6 Å². The summed E-state index contributed by atoms with van der Waals surface area (Å²) in [6.45, 7) is 0.837. The van der Waals surface area contributed by atoms with E-state index in [4.69, 9.17) is 4.74 Å². The van der Waals surface area contributed by atoms with E-state index < -0.39 is 5.60 Å². The van der Waals surface area contributed by atoms with Crippen molar-refractivity contribution in [2.45, 2.75) is 5.60 Å². The van der Waals surface area contributed by atoms with Crippen LogP contribution in [-0.4, -0.2) is 30.8 Å². The van der Waals surface area contributed by atoms with Gasteiger partial charge in [0.15, 0.2) is 0 Å². The molecule has 3 aromatic rings. The zero-order valence-electron chi connectivity index (χ0n) is 14.1. The van der Waals surface area contributed by atoms with Gasteiger partial charge in [-0.3, -0.25) is 0 Å². The number of carbonyl (C=O) groups excluding carboxylic acids is 1. The van der Waals surface area contributed by atoms with Gasteiger partial charge in [-0.15, -0.1) is 11.3 Å². The first-order chi connectivity index (χ1) is 12.7. The normalized spacial score (nSPS) is 13.0. The fourth-order valence-corrected chi connectivity index (χ4v) is 4.04. The van der Waals surface area contributed by atoms with Crippen LogP contribution in [0.4, 0.5) is 4.79 Å². The van der Waals surface area contributed by atoms with Gasteiger partial charge < -0.3 is 20.5 Å². The largest absolute Gasteiger partial charge is 0.492 e. The molecule has 3 rings (SSSR count). The van der Waals surface area contributed by atoms with E-state index in [0.717, 1.165) is 16.2 Å². The highest BCUT2D eigenvalue weighted by atomic mass is 32.1. The van der Waals surface area contributed by atoms with Crippen LogP contribution >= 0.6 is 22.7 Å². The Hall–Kier alpha value is -2.35. The molecule has 0 radical (unpaired) electrons. The van der Waals surface area contributed by atoms with Gasteiger partial charge >= 0.3 is 6.03 Å². The fraction of sp³-hybridized carbons (Fsp3) is 0.211. The topological polar surface area (TPSA) is 70.6 Å². The first-order valence-electron chi connectivity index (χ1n) is 8.17. The standard InChI is InChI=1S/C19H20N2O3S2/c22-18(20-9-10-24-16-5-2-1-3-6-16)21-14-19(23,15-8-12-25-13-15)17-7-4-11-26-17/h1-8,11-13,23H,9-10,14H2,(H2,20,21,22)/t19-/m1/s1. The molecule has 0 aliphatic carbocycles. The predicted octanol–water partition coefficient (Wildman–Crippen LogP) is 3.42. The summed E-state index contributed by atoms with van der Waals surface area (Å²) in [7, 11) is 0. The number of aliphatic hydroxyl groups is 1. The molecular weight excluding hydrogens is 368 g/mol. The Morgan fingerprint density at radius 1 is 1.08 bits per heavy atom. The summed E-state index contributed by atoms with van der Waals surface area (Å²) in [5, 5.41) is 22.4. The maximum absolute atomic E-state index is 12.1. The van der Waals surface area contributed by atoms with Crippen molar-refractivity contribution in [2.75, 3.05) is 19.7 Å². The average Bonchev–Trinajstić information content (AvgIpc) is 3.38. The van der Waals surface area contributed by atoms with E-state index in [0.29, 0.717) is 13.2 Å². The molecule has 1 aromatic carbocycles. The Morgan fingerprint density at radius 2 is 1.92 bits per heavy atom. The Kier molecular flexibility index (Phi) is 6.27. The van der Waals surface area contributed by atoms with Crippen LogP contribution in [0.15, 0.2) is 64.7 Å².